The number of methoxy groups -OCH3 is 1. The van der Waals surface area contributed by atoms with E-state index < -0.39 is 16.9 Å². The van der Waals surface area contributed by atoms with Crippen molar-refractivity contribution in [2.75, 3.05) is 13.7 Å². The van der Waals surface area contributed by atoms with E-state index in [4.69, 9.17) is 4.74 Å². The van der Waals surface area contributed by atoms with Crippen LogP contribution in [0, 0.1) is 0 Å². The van der Waals surface area contributed by atoms with E-state index >= 15 is 0 Å². The Hall–Kier alpha value is 0.0600. The first-order valence-electron chi connectivity index (χ1n) is 3.47. The molecule has 0 atom stereocenters. The summed E-state index contributed by atoms with van der Waals surface area (Å²) in [7, 11) is 1.47. The number of hydrogen-bond acceptors (Lipinski definition) is 2. The predicted molar refractivity (Wildman–Crippen MR) is 44.6 cm³/mol. The van der Waals surface area contributed by atoms with Gasteiger partial charge in [-0.25, -0.2) is 4.72 Å². The normalized spacial score (nSPS) is 14.8. The zero-order valence-corrected chi connectivity index (χ0v) is 8.18. The number of ether oxygens (including phenoxy) is 1. The summed E-state index contributed by atoms with van der Waals surface area (Å²) in [6.07, 6.45) is 0.343. The summed E-state index contributed by atoms with van der Waals surface area (Å²) in [6.45, 7) is 3.34. The van der Waals surface area contributed by atoms with Crippen LogP contribution >= 0.6 is 11.4 Å². The zero-order valence-electron chi connectivity index (χ0n) is 7.36. The molecule has 0 aromatic heterocycles. The van der Waals surface area contributed by atoms with Crippen molar-refractivity contribution in [3.63, 3.8) is 0 Å². The van der Waals surface area contributed by atoms with Gasteiger partial charge < -0.3 is 4.74 Å². The molecule has 0 saturated heterocycles. The highest BCUT2D eigenvalue weighted by Gasteiger charge is 2.30. The molecule has 0 rings (SSSR count). The second-order valence-electron chi connectivity index (χ2n) is 3.14. The topological polar surface area (TPSA) is 21.3 Å². The van der Waals surface area contributed by atoms with Gasteiger partial charge in [0.15, 0.2) is 0 Å². The van der Waals surface area contributed by atoms with Crippen molar-refractivity contribution in [3.8, 4) is 0 Å². The third kappa shape index (κ3) is 6.75. The Bertz CT molecular complexity index is 137. The highest BCUT2D eigenvalue weighted by Crippen LogP contribution is 2.50. The largest absolute Gasteiger partial charge is 0.385 e. The van der Waals surface area contributed by atoms with E-state index in [0.29, 0.717) is 13.0 Å². The molecule has 0 aliphatic heterocycles. The average Bonchev–Trinajstić information content (AvgIpc) is 1.78. The van der Waals surface area contributed by atoms with E-state index in [1.54, 1.807) is 4.72 Å². The van der Waals surface area contributed by atoms with Crippen LogP contribution in [0.4, 0.5) is 11.7 Å². The Morgan fingerprint density at radius 3 is 2.17 bits per heavy atom. The van der Waals surface area contributed by atoms with Crippen LogP contribution in [-0.2, 0) is 4.74 Å². The molecule has 0 amide bonds. The molecule has 2 nitrogen and oxygen atoms in total. The van der Waals surface area contributed by atoms with Crippen LogP contribution in [0.2, 0.25) is 0 Å². The molecule has 12 heavy (non-hydrogen) atoms. The quantitative estimate of drug-likeness (QED) is 0.745. The minimum Gasteiger partial charge on any atom is -0.385 e. The van der Waals surface area contributed by atoms with Crippen molar-refractivity contribution < 1.29 is 16.4 Å². The average molecular weight is 205 g/mol. The monoisotopic (exact) mass is 205 g/mol. The third-order valence-corrected chi connectivity index (χ3v) is 2.11. The molecule has 1 N–H and O–H groups in total. The van der Waals surface area contributed by atoms with Gasteiger partial charge in [0.05, 0.1) is 0 Å². The van der Waals surface area contributed by atoms with Crippen LogP contribution in [0.3, 0.4) is 0 Å². The number of rotatable bonds is 5. The molecule has 0 heterocycles. The fourth-order valence-electron chi connectivity index (χ4n) is 0.722. The lowest BCUT2D eigenvalue weighted by atomic mass is 10.0. The molecular weight excluding hydrogens is 191 g/mol. The number of nitrogens with one attached hydrogen (secondary N) is 1. The van der Waals surface area contributed by atoms with Gasteiger partial charge in [-0.2, -0.15) is 0 Å². The van der Waals surface area contributed by atoms with E-state index in [0.717, 1.165) is 0 Å². The van der Waals surface area contributed by atoms with Crippen LogP contribution in [0.5, 0.6) is 0 Å². The molecular formula is C6H14F3NOS. The predicted octanol–water partition coefficient (Wildman–Crippen LogP) is 2.76. The lowest BCUT2D eigenvalue weighted by Crippen LogP contribution is -2.38. The van der Waals surface area contributed by atoms with Crippen molar-refractivity contribution in [2.45, 2.75) is 25.8 Å². The molecule has 0 radical (unpaired) electrons. The minimum atomic E-state index is -5.12. The molecule has 0 aliphatic rings. The summed E-state index contributed by atoms with van der Waals surface area (Å²) >= 11 is -5.12. The first kappa shape index (κ1) is 12.1. The maximum atomic E-state index is 11.9. The molecule has 0 saturated carbocycles. The highest BCUT2D eigenvalue weighted by molar-refractivity contribution is 8.19. The lowest BCUT2D eigenvalue weighted by molar-refractivity contribution is 0.171. The van der Waals surface area contributed by atoms with Crippen LogP contribution in [-0.4, -0.2) is 19.3 Å². The fraction of sp³-hybridized carbons (Fsp3) is 1.00. The molecule has 0 fully saturated rings. The molecule has 0 aromatic carbocycles. The van der Waals surface area contributed by atoms with Gasteiger partial charge in [0.1, 0.15) is 0 Å². The third-order valence-electron chi connectivity index (χ3n) is 1.32. The van der Waals surface area contributed by atoms with Gasteiger partial charge in [-0.1, -0.05) is 0 Å². The van der Waals surface area contributed by atoms with Gasteiger partial charge in [-0.3, -0.25) is 0 Å². The van der Waals surface area contributed by atoms with Crippen molar-refractivity contribution in [1.82, 2.24) is 4.72 Å². The SMILES string of the molecule is COCCC(C)(C)NS(F)(F)F. The number of halogens is 3. The van der Waals surface area contributed by atoms with Crippen LogP contribution < -0.4 is 4.72 Å². The summed E-state index contributed by atoms with van der Waals surface area (Å²) in [4.78, 5) is 0. The molecule has 0 aromatic rings. The smallest absolute Gasteiger partial charge is 0.276 e. The van der Waals surface area contributed by atoms with Crippen LogP contribution in [0.25, 0.3) is 0 Å². The second kappa shape index (κ2) is 4.34. The van der Waals surface area contributed by atoms with Crippen molar-refractivity contribution in [3.05, 3.63) is 0 Å². The van der Waals surface area contributed by atoms with Gasteiger partial charge in [0, 0.05) is 19.3 Å². The molecule has 76 valence electrons. The Morgan fingerprint density at radius 2 is 1.83 bits per heavy atom. The van der Waals surface area contributed by atoms with E-state index in [2.05, 4.69) is 0 Å². The molecule has 0 spiro atoms. The van der Waals surface area contributed by atoms with E-state index in [1.165, 1.54) is 21.0 Å². The molecule has 6 heteroatoms. The summed E-state index contributed by atoms with van der Waals surface area (Å²) in [5, 5.41) is 0. The van der Waals surface area contributed by atoms with Crippen molar-refractivity contribution in [1.29, 1.82) is 0 Å². The van der Waals surface area contributed by atoms with Gasteiger partial charge in [-0.05, 0) is 20.3 Å². The Kier molecular flexibility index (Phi) is 4.36. The molecule has 0 aliphatic carbocycles. The Morgan fingerprint density at radius 1 is 1.33 bits per heavy atom. The Labute approximate surface area is 72.8 Å². The van der Waals surface area contributed by atoms with Gasteiger partial charge in [0.25, 0.3) is 11.4 Å². The maximum absolute atomic E-state index is 11.9. The molecule has 0 unspecified atom stereocenters. The number of hydrogen-bond donors (Lipinski definition) is 1. The summed E-state index contributed by atoms with van der Waals surface area (Å²) in [5.74, 6) is 0. The highest BCUT2D eigenvalue weighted by atomic mass is 32.3. The lowest BCUT2D eigenvalue weighted by Gasteiger charge is -2.28. The zero-order chi connectivity index (χ0) is 9.83. The maximum Gasteiger partial charge on any atom is 0.276 e. The fourth-order valence-corrected chi connectivity index (χ4v) is 1.45. The first-order chi connectivity index (χ1) is 5.27. The van der Waals surface area contributed by atoms with Crippen molar-refractivity contribution >= 4 is 11.4 Å². The van der Waals surface area contributed by atoms with Gasteiger partial charge in [-0.15, -0.1) is 11.7 Å². The summed E-state index contributed by atoms with van der Waals surface area (Å²) in [6, 6.07) is 0. The first-order valence-corrected chi connectivity index (χ1v) is 4.80. The second-order valence-corrected chi connectivity index (χ2v) is 4.15. The summed E-state index contributed by atoms with van der Waals surface area (Å²) in [5.41, 5.74) is -0.927. The van der Waals surface area contributed by atoms with Crippen LogP contribution in [0.15, 0.2) is 0 Å². The van der Waals surface area contributed by atoms with Gasteiger partial charge >= 0.3 is 0 Å². The summed E-state index contributed by atoms with van der Waals surface area (Å²) < 4.78 is 42.1. The van der Waals surface area contributed by atoms with Crippen molar-refractivity contribution in [2.24, 2.45) is 0 Å². The minimum absolute atomic E-state index is 0.329. The van der Waals surface area contributed by atoms with Crippen LogP contribution in [0.1, 0.15) is 20.3 Å². The Balaban J connectivity index is 3.86. The standard InChI is InChI=1S/C6H14F3NOS/c1-6(2,4-5-11-3)10-12(7,8)9/h10H,4-5H2,1-3H3. The van der Waals surface area contributed by atoms with E-state index in [1.807, 2.05) is 0 Å². The van der Waals surface area contributed by atoms with Gasteiger partial charge in [0.2, 0.25) is 0 Å². The molecule has 0 bridgehead atoms. The van der Waals surface area contributed by atoms with E-state index in [-0.39, 0.29) is 0 Å². The van der Waals surface area contributed by atoms with E-state index in [9.17, 15) is 11.7 Å².